The van der Waals surface area contributed by atoms with Crippen LogP contribution in [0.25, 0.3) is 11.0 Å². The number of fused-ring (bicyclic) bond motifs is 2. The molecule has 12 heteroatoms. The number of aromatic amines is 1. The van der Waals surface area contributed by atoms with Crippen LogP contribution in [0.5, 0.6) is 23.0 Å². The number of benzene rings is 1. The third-order valence-electron chi connectivity index (χ3n) is 4.34. The first-order valence-electron chi connectivity index (χ1n) is 8.52. The van der Waals surface area contributed by atoms with E-state index in [0.29, 0.717) is 39.1 Å². The lowest BCUT2D eigenvalue weighted by Gasteiger charge is -2.33. The van der Waals surface area contributed by atoms with E-state index in [2.05, 4.69) is 24.4 Å². The van der Waals surface area contributed by atoms with Crippen molar-refractivity contribution in [2.75, 3.05) is 14.2 Å². The fourth-order valence-electron chi connectivity index (χ4n) is 2.92. The number of hydrogen-bond acceptors (Lipinski definition) is 7. The predicted molar refractivity (Wildman–Crippen MR) is 104 cm³/mol. The van der Waals surface area contributed by atoms with Crippen LogP contribution in [0.3, 0.4) is 0 Å². The lowest BCUT2D eigenvalue weighted by Crippen LogP contribution is -2.51. The molecule has 0 radical (unpaired) electrons. The number of aromatic nitrogens is 3. The second kappa shape index (κ2) is 7.31. The van der Waals surface area contributed by atoms with Gasteiger partial charge in [0.15, 0.2) is 28.2 Å². The monoisotopic (exact) mass is 461 g/mol. The number of rotatable bonds is 5. The summed E-state index contributed by atoms with van der Waals surface area (Å²) in [6, 6.07) is 2.51. The highest BCUT2D eigenvalue weighted by Gasteiger charge is 2.63. The molecule has 0 fully saturated rings. The molecule has 4 rings (SSSR count). The number of halogens is 4. The Morgan fingerprint density at radius 2 is 1.83 bits per heavy atom. The number of nitrogens with one attached hydrogen (secondary N) is 1. The summed E-state index contributed by atoms with van der Waals surface area (Å²) in [5, 5.41) is -3.34. The fraction of sp³-hybridized carbons (Fsp3) is 0.333. The smallest absolute Gasteiger partial charge is 0.488 e. The molecule has 0 aliphatic carbocycles. The van der Waals surface area contributed by atoms with E-state index in [1.54, 1.807) is 13.3 Å². The van der Waals surface area contributed by atoms with Gasteiger partial charge in [0, 0.05) is 29.6 Å². The number of H-pyrrole nitrogens is 1. The zero-order valence-corrected chi connectivity index (χ0v) is 17.5. The quantitative estimate of drug-likeness (QED) is 0.432. The standard InChI is InChI=1S/C18H15ClF3N3O4S/c1-8-6-23-11(15(27-3)14(8)26-2)7-30-16-24-9-4-12-13(5-10(9)25-16)29-18(21,22)17(19,20)28-12/h4-6H,7H2,1-3H3,(H,24,25). The molecule has 1 aliphatic rings. The lowest BCUT2D eigenvalue weighted by atomic mass is 10.2. The van der Waals surface area contributed by atoms with Gasteiger partial charge in [0.2, 0.25) is 0 Å². The Bertz CT molecular complexity index is 1070. The Labute approximate surface area is 177 Å². The van der Waals surface area contributed by atoms with Crippen LogP contribution in [-0.2, 0) is 5.75 Å². The van der Waals surface area contributed by atoms with Crippen molar-refractivity contribution >= 4 is 34.4 Å². The average molecular weight is 462 g/mol. The van der Waals surface area contributed by atoms with Gasteiger partial charge in [-0.1, -0.05) is 11.8 Å². The van der Waals surface area contributed by atoms with Crippen molar-refractivity contribution in [1.82, 2.24) is 15.0 Å². The summed E-state index contributed by atoms with van der Waals surface area (Å²) < 4.78 is 60.8. The molecule has 1 N–H and O–H groups in total. The van der Waals surface area contributed by atoms with Gasteiger partial charge in [0.05, 0.1) is 30.9 Å². The van der Waals surface area contributed by atoms with Crippen LogP contribution in [0.4, 0.5) is 13.2 Å². The van der Waals surface area contributed by atoms with Gasteiger partial charge in [0.25, 0.3) is 0 Å². The van der Waals surface area contributed by atoms with Crippen LogP contribution >= 0.6 is 23.4 Å². The number of alkyl halides is 4. The second-order valence-electron chi connectivity index (χ2n) is 6.34. The van der Waals surface area contributed by atoms with Gasteiger partial charge in [-0.25, -0.2) is 4.98 Å². The molecule has 1 aliphatic heterocycles. The van der Waals surface area contributed by atoms with E-state index in [1.165, 1.54) is 31.0 Å². The van der Waals surface area contributed by atoms with Crippen molar-refractivity contribution in [3.05, 3.63) is 29.6 Å². The van der Waals surface area contributed by atoms with Crippen LogP contribution in [0, 0.1) is 6.92 Å². The number of thioether (sulfide) groups is 1. The van der Waals surface area contributed by atoms with Crippen LogP contribution in [0.1, 0.15) is 11.3 Å². The number of aryl methyl sites for hydroxylation is 1. The first-order chi connectivity index (χ1) is 14.1. The van der Waals surface area contributed by atoms with Gasteiger partial charge >= 0.3 is 11.4 Å². The summed E-state index contributed by atoms with van der Waals surface area (Å²) >= 11 is 6.41. The fourth-order valence-corrected chi connectivity index (χ4v) is 3.87. The van der Waals surface area contributed by atoms with Gasteiger partial charge in [0.1, 0.15) is 0 Å². The molecule has 7 nitrogen and oxygen atoms in total. The summed E-state index contributed by atoms with van der Waals surface area (Å²) in [7, 11) is 3.07. The molecule has 1 atom stereocenters. The van der Waals surface area contributed by atoms with E-state index in [1.807, 2.05) is 6.92 Å². The van der Waals surface area contributed by atoms with Crippen molar-refractivity contribution in [3.8, 4) is 23.0 Å². The first-order valence-corrected chi connectivity index (χ1v) is 9.88. The number of methoxy groups -OCH3 is 2. The van der Waals surface area contributed by atoms with E-state index in [4.69, 9.17) is 21.1 Å². The van der Waals surface area contributed by atoms with Crippen molar-refractivity contribution < 1.29 is 32.1 Å². The molecule has 3 aromatic rings. The summed E-state index contributed by atoms with van der Waals surface area (Å²) in [5.74, 6) is 0.863. The maximum Gasteiger partial charge on any atom is 0.488 e. The van der Waals surface area contributed by atoms with Gasteiger partial charge in [-0.2, -0.15) is 13.2 Å². The van der Waals surface area contributed by atoms with Gasteiger partial charge in [-0.15, -0.1) is 0 Å². The largest absolute Gasteiger partial charge is 0.492 e. The van der Waals surface area contributed by atoms with E-state index in [-0.39, 0.29) is 11.5 Å². The molecule has 1 unspecified atom stereocenters. The topological polar surface area (TPSA) is 78.5 Å². The highest BCUT2D eigenvalue weighted by molar-refractivity contribution is 7.98. The number of ether oxygens (including phenoxy) is 4. The number of nitrogens with zero attached hydrogens (tertiary/aromatic N) is 2. The molecule has 0 saturated carbocycles. The molecule has 30 heavy (non-hydrogen) atoms. The molecular weight excluding hydrogens is 447 g/mol. The molecule has 1 aromatic carbocycles. The molecule has 0 bridgehead atoms. The lowest BCUT2D eigenvalue weighted by molar-refractivity contribution is -0.303. The van der Waals surface area contributed by atoms with E-state index >= 15 is 0 Å². The highest BCUT2D eigenvalue weighted by Crippen LogP contribution is 2.49. The summed E-state index contributed by atoms with van der Waals surface area (Å²) in [6.07, 6.45) is -2.67. The Hall–Kier alpha value is -2.53. The van der Waals surface area contributed by atoms with Crippen molar-refractivity contribution in [1.29, 1.82) is 0 Å². The Kier molecular flexibility index (Phi) is 5.05. The Morgan fingerprint density at radius 1 is 1.13 bits per heavy atom. The summed E-state index contributed by atoms with van der Waals surface area (Å²) in [4.78, 5) is 11.7. The second-order valence-corrected chi connectivity index (χ2v) is 7.79. The molecule has 0 spiro atoms. The summed E-state index contributed by atoms with van der Waals surface area (Å²) in [6.45, 7) is 1.85. The third kappa shape index (κ3) is 3.45. The summed E-state index contributed by atoms with van der Waals surface area (Å²) in [5.41, 5.74) is 2.23. The Balaban J connectivity index is 1.60. The predicted octanol–water partition coefficient (Wildman–Crippen LogP) is 4.80. The minimum atomic E-state index is -4.35. The first kappa shape index (κ1) is 20.7. The van der Waals surface area contributed by atoms with E-state index in [9.17, 15) is 13.2 Å². The molecule has 0 amide bonds. The third-order valence-corrected chi connectivity index (χ3v) is 5.52. The minimum absolute atomic E-state index is 0.277. The maximum atomic E-state index is 13.8. The van der Waals surface area contributed by atoms with Crippen LogP contribution in [0.2, 0.25) is 0 Å². The zero-order chi connectivity index (χ0) is 21.7. The van der Waals surface area contributed by atoms with Crippen molar-refractivity contribution in [2.45, 2.75) is 29.3 Å². The van der Waals surface area contributed by atoms with E-state index < -0.39 is 11.4 Å². The number of imidazole rings is 1. The van der Waals surface area contributed by atoms with Gasteiger partial charge < -0.3 is 23.9 Å². The van der Waals surface area contributed by atoms with Gasteiger partial charge in [-0.3, -0.25) is 4.98 Å². The number of hydrogen-bond donors (Lipinski definition) is 1. The minimum Gasteiger partial charge on any atom is -0.492 e. The highest BCUT2D eigenvalue weighted by atomic mass is 35.5. The normalized spacial score (nSPS) is 19.7. The maximum absolute atomic E-state index is 13.8. The molecule has 160 valence electrons. The van der Waals surface area contributed by atoms with Crippen molar-refractivity contribution in [2.24, 2.45) is 0 Å². The number of pyridine rings is 1. The van der Waals surface area contributed by atoms with Crippen LogP contribution in [-0.4, -0.2) is 40.6 Å². The zero-order valence-electron chi connectivity index (χ0n) is 15.9. The van der Waals surface area contributed by atoms with Crippen LogP contribution < -0.4 is 18.9 Å². The van der Waals surface area contributed by atoms with Crippen molar-refractivity contribution in [3.63, 3.8) is 0 Å². The average Bonchev–Trinajstić information content (AvgIpc) is 3.06. The molecule has 0 saturated heterocycles. The molecular formula is C18H15ClF3N3O4S. The molecule has 2 aromatic heterocycles. The Morgan fingerprint density at radius 3 is 2.53 bits per heavy atom. The van der Waals surface area contributed by atoms with Crippen LogP contribution in [0.15, 0.2) is 23.5 Å². The SMILES string of the molecule is COc1c(C)cnc(CSc2nc3cc4c(cc3[nH]2)OC(F)(F)C(F)(Cl)O4)c1OC. The van der Waals surface area contributed by atoms with Gasteiger partial charge in [-0.05, 0) is 18.5 Å². The van der Waals surface area contributed by atoms with E-state index in [0.717, 1.165) is 5.56 Å². The molecule has 3 heterocycles.